The summed E-state index contributed by atoms with van der Waals surface area (Å²) in [7, 11) is 0. The highest BCUT2D eigenvalue weighted by Crippen LogP contribution is 2.13. The molecule has 90 valence electrons. The number of carbonyl (C=O) groups is 1. The molecule has 0 aliphatic carbocycles. The van der Waals surface area contributed by atoms with Gasteiger partial charge < -0.3 is 10.1 Å². The summed E-state index contributed by atoms with van der Waals surface area (Å²) in [6.45, 7) is 11.1. The average molecular weight is 280 g/mol. The summed E-state index contributed by atoms with van der Waals surface area (Å²) in [5, 5.41) is 2.88. The van der Waals surface area contributed by atoms with Crippen LogP contribution in [0.25, 0.3) is 0 Å². The number of ether oxygens (including phenoxy) is 1. The lowest BCUT2D eigenvalue weighted by molar-refractivity contribution is -0.122. The zero-order valence-corrected chi connectivity index (χ0v) is 11.8. The van der Waals surface area contributed by atoms with Crippen LogP contribution in [0.5, 0.6) is 0 Å². The summed E-state index contributed by atoms with van der Waals surface area (Å²) >= 11 is 3.36. The van der Waals surface area contributed by atoms with E-state index in [1.54, 1.807) is 0 Å². The molecule has 0 aromatic heterocycles. The van der Waals surface area contributed by atoms with E-state index in [1.165, 1.54) is 0 Å². The number of rotatable bonds is 6. The van der Waals surface area contributed by atoms with Gasteiger partial charge in [0.1, 0.15) is 0 Å². The molecule has 0 bridgehead atoms. The average Bonchev–Trinajstić information content (AvgIpc) is 2.13. The lowest BCUT2D eigenvalue weighted by Crippen LogP contribution is -2.44. The van der Waals surface area contributed by atoms with Crippen molar-refractivity contribution in [2.75, 3.05) is 13.2 Å². The molecule has 0 radical (unpaired) electrons. The maximum absolute atomic E-state index is 11.6. The first-order chi connectivity index (χ1) is 6.80. The van der Waals surface area contributed by atoms with Crippen LogP contribution < -0.4 is 5.32 Å². The highest BCUT2D eigenvalue weighted by Gasteiger charge is 2.22. The molecule has 1 N–H and O–H groups in total. The zero-order valence-electron chi connectivity index (χ0n) is 10.3. The fourth-order valence-corrected chi connectivity index (χ4v) is 1.30. The van der Waals surface area contributed by atoms with E-state index in [4.69, 9.17) is 4.74 Å². The third kappa shape index (κ3) is 6.15. The Labute approximate surface area is 101 Å². The van der Waals surface area contributed by atoms with Crippen LogP contribution in [0, 0.1) is 5.92 Å². The summed E-state index contributed by atoms with van der Waals surface area (Å²) in [6.07, 6.45) is 0. The molecule has 0 aromatic carbocycles. The summed E-state index contributed by atoms with van der Waals surface area (Å²) < 4.78 is 5.49. The number of halogens is 1. The van der Waals surface area contributed by atoms with E-state index in [2.05, 4.69) is 21.2 Å². The standard InChI is InChI=1S/C11H22BrNO2/c1-6-15-11(4,5)7-13-10(14)9(12)8(2)3/h8-9H,6-7H2,1-5H3,(H,13,14). The molecule has 0 rings (SSSR count). The number of hydrogen-bond acceptors (Lipinski definition) is 2. The fourth-order valence-electron chi connectivity index (χ4n) is 1.14. The topological polar surface area (TPSA) is 38.3 Å². The predicted molar refractivity (Wildman–Crippen MR) is 66.3 cm³/mol. The molecule has 1 atom stereocenters. The first-order valence-electron chi connectivity index (χ1n) is 5.36. The fraction of sp³-hybridized carbons (Fsp3) is 0.909. The Bertz CT molecular complexity index is 205. The number of hydrogen-bond donors (Lipinski definition) is 1. The van der Waals surface area contributed by atoms with Gasteiger partial charge in [0, 0.05) is 13.2 Å². The van der Waals surface area contributed by atoms with Crippen LogP contribution >= 0.6 is 15.9 Å². The van der Waals surface area contributed by atoms with Gasteiger partial charge in [-0.1, -0.05) is 29.8 Å². The molecule has 4 heteroatoms. The van der Waals surface area contributed by atoms with Gasteiger partial charge in [-0.3, -0.25) is 4.79 Å². The highest BCUT2D eigenvalue weighted by molar-refractivity contribution is 9.10. The molecule has 0 spiro atoms. The van der Waals surface area contributed by atoms with Gasteiger partial charge in [0.05, 0.1) is 10.4 Å². The summed E-state index contributed by atoms with van der Waals surface area (Å²) in [4.78, 5) is 11.5. The predicted octanol–water partition coefficient (Wildman–Crippen LogP) is 2.34. The molecule has 0 aromatic rings. The van der Waals surface area contributed by atoms with Crippen molar-refractivity contribution in [1.82, 2.24) is 5.32 Å². The Kier molecular flexibility index (Phi) is 6.44. The van der Waals surface area contributed by atoms with E-state index < -0.39 is 0 Å². The molecule has 0 aliphatic rings. The van der Waals surface area contributed by atoms with E-state index in [0.717, 1.165) is 0 Å². The normalized spacial score (nSPS) is 14.1. The first kappa shape index (κ1) is 14.9. The molecular weight excluding hydrogens is 258 g/mol. The monoisotopic (exact) mass is 279 g/mol. The van der Waals surface area contributed by atoms with E-state index in [1.807, 2.05) is 34.6 Å². The van der Waals surface area contributed by atoms with Crippen LogP contribution in [0.2, 0.25) is 0 Å². The van der Waals surface area contributed by atoms with Crippen molar-refractivity contribution in [2.45, 2.75) is 45.0 Å². The summed E-state index contributed by atoms with van der Waals surface area (Å²) in [5.74, 6) is 0.318. The molecule has 1 unspecified atom stereocenters. The Morgan fingerprint density at radius 1 is 1.47 bits per heavy atom. The van der Waals surface area contributed by atoms with Crippen LogP contribution in [0.4, 0.5) is 0 Å². The first-order valence-corrected chi connectivity index (χ1v) is 6.27. The zero-order chi connectivity index (χ0) is 12.1. The molecule has 0 saturated heterocycles. The highest BCUT2D eigenvalue weighted by atomic mass is 79.9. The molecule has 1 amide bonds. The van der Waals surface area contributed by atoms with Gasteiger partial charge in [0.15, 0.2) is 0 Å². The van der Waals surface area contributed by atoms with Gasteiger partial charge in [-0.15, -0.1) is 0 Å². The van der Waals surface area contributed by atoms with Gasteiger partial charge in [0.25, 0.3) is 0 Å². The van der Waals surface area contributed by atoms with E-state index >= 15 is 0 Å². The largest absolute Gasteiger partial charge is 0.374 e. The van der Waals surface area contributed by atoms with E-state index in [9.17, 15) is 4.79 Å². The Morgan fingerprint density at radius 3 is 2.40 bits per heavy atom. The molecule has 0 fully saturated rings. The second kappa shape index (κ2) is 6.48. The number of nitrogens with one attached hydrogen (secondary N) is 1. The van der Waals surface area contributed by atoms with Crippen molar-refractivity contribution in [3.63, 3.8) is 0 Å². The van der Waals surface area contributed by atoms with E-state index in [0.29, 0.717) is 19.1 Å². The Balaban J connectivity index is 4.00. The lowest BCUT2D eigenvalue weighted by Gasteiger charge is -2.26. The maximum Gasteiger partial charge on any atom is 0.234 e. The molecule has 0 saturated carbocycles. The SMILES string of the molecule is CCOC(C)(C)CNC(=O)C(Br)C(C)C. The van der Waals surface area contributed by atoms with Gasteiger partial charge in [-0.25, -0.2) is 0 Å². The van der Waals surface area contributed by atoms with Crippen LogP contribution in [-0.4, -0.2) is 29.5 Å². The van der Waals surface area contributed by atoms with Gasteiger partial charge in [-0.2, -0.15) is 0 Å². The van der Waals surface area contributed by atoms with Crippen molar-refractivity contribution in [3.05, 3.63) is 0 Å². The van der Waals surface area contributed by atoms with Crippen LogP contribution in [0.1, 0.15) is 34.6 Å². The smallest absolute Gasteiger partial charge is 0.234 e. The van der Waals surface area contributed by atoms with Crippen molar-refractivity contribution in [2.24, 2.45) is 5.92 Å². The Hall–Kier alpha value is -0.0900. The summed E-state index contributed by atoms with van der Waals surface area (Å²) in [6, 6.07) is 0. The molecule has 0 aliphatic heterocycles. The minimum absolute atomic E-state index is 0.0257. The van der Waals surface area contributed by atoms with Gasteiger partial charge in [0.2, 0.25) is 5.91 Å². The van der Waals surface area contributed by atoms with Crippen molar-refractivity contribution >= 4 is 21.8 Å². The van der Waals surface area contributed by atoms with Crippen LogP contribution in [-0.2, 0) is 9.53 Å². The van der Waals surface area contributed by atoms with Crippen molar-refractivity contribution < 1.29 is 9.53 Å². The quantitative estimate of drug-likeness (QED) is 0.758. The van der Waals surface area contributed by atoms with Crippen molar-refractivity contribution in [1.29, 1.82) is 0 Å². The van der Waals surface area contributed by atoms with Crippen LogP contribution in [0.3, 0.4) is 0 Å². The third-order valence-corrected chi connectivity index (χ3v) is 3.53. The Morgan fingerprint density at radius 2 is 2.00 bits per heavy atom. The molecular formula is C11H22BrNO2. The summed E-state index contributed by atoms with van der Waals surface area (Å²) in [5.41, 5.74) is -0.298. The van der Waals surface area contributed by atoms with Crippen LogP contribution in [0.15, 0.2) is 0 Å². The van der Waals surface area contributed by atoms with Gasteiger partial charge >= 0.3 is 0 Å². The number of alkyl halides is 1. The lowest BCUT2D eigenvalue weighted by atomic mass is 10.1. The molecule has 3 nitrogen and oxygen atoms in total. The molecule has 15 heavy (non-hydrogen) atoms. The minimum atomic E-state index is -0.298. The van der Waals surface area contributed by atoms with Gasteiger partial charge in [-0.05, 0) is 26.7 Å². The molecule has 0 heterocycles. The maximum atomic E-state index is 11.6. The second-order valence-electron chi connectivity index (χ2n) is 4.56. The minimum Gasteiger partial charge on any atom is -0.374 e. The van der Waals surface area contributed by atoms with E-state index in [-0.39, 0.29) is 16.3 Å². The van der Waals surface area contributed by atoms with Crippen molar-refractivity contribution in [3.8, 4) is 0 Å². The number of carbonyl (C=O) groups excluding carboxylic acids is 1. The number of amides is 1. The second-order valence-corrected chi connectivity index (χ2v) is 5.54. The third-order valence-electron chi connectivity index (χ3n) is 2.06.